The Morgan fingerprint density at radius 1 is 0.920 bits per heavy atom. The van der Waals surface area contributed by atoms with Gasteiger partial charge in [0.1, 0.15) is 28.9 Å². The molecule has 3 aromatic heterocycles. The molecule has 5 aliphatic heterocycles. The Balaban J connectivity index is 0.753. The van der Waals surface area contributed by atoms with Gasteiger partial charge in [-0.3, -0.25) is 24.7 Å². The van der Waals surface area contributed by atoms with Gasteiger partial charge < -0.3 is 48.9 Å². The first-order valence-electron chi connectivity index (χ1n) is 31.4. The number of aromatic amines is 1. The fourth-order valence-electron chi connectivity index (χ4n) is 14.9. The number of piperazine rings is 1. The highest BCUT2D eigenvalue weighted by Gasteiger charge is 2.51. The van der Waals surface area contributed by atoms with Crippen LogP contribution in [0.3, 0.4) is 0 Å². The highest BCUT2D eigenvalue weighted by atomic mass is 32.2. The molecular weight excluding hydrogens is 1140 g/mol. The van der Waals surface area contributed by atoms with Gasteiger partial charge in [0, 0.05) is 92.9 Å². The lowest BCUT2D eigenvalue weighted by molar-refractivity contribution is -0.384. The third-order valence-electron chi connectivity index (χ3n) is 20.0. The second-order valence-electron chi connectivity index (χ2n) is 26.8. The van der Waals surface area contributed by atoms with E-state index in [9.17, 15) is 28.4 Å². The van der Waals surface area contributed by atoms with E-state index in [0.29, 0.717) is 80.4 Å². The summed E-state index contributed by atoms with van der Waals surface area (Å²) in [5, 5.41) is 26.9. The van der Waals surface area contributed by atoms with Crippen LogP contribution >= 0.6 is 0 Å². The van der Waals surface area contributed by atoms with Crippen molar-refractivity contribution in [3.8, 4) is 23.3 Å². The highest BCUT2D eigenvalue weighted by molar-refractivity contribution is 7.90. The van der Waals surface area contributed by atoms with E-state index in [1.165, 1.54) is 17.7 Å². The number of carbonyl (C=O) groups excluding carboxylic acids is 1. The number of nitro groups is 1. The first-order valence-corrected chi connectivity index (χ1v) is 32.9. The molecule has 1 spiro atoms. The number of piperidine rings is 1. The summed E-state index contributed by atoms with van der Waals surface area (Å²) in [7, 11) is -2.99. The van der Waals surface area contributed by atoms with E-state index >= 15 is 0 Å². The molecule has 2 aliphatic carbocycles. The number of methoxy groups -OCH3 is 1. The summed E-state index contributed by atoms with van der Waals surface area (Å²) in [6.07, 6.45) is 9.71. The van der Waals surface area contributed by atoms with E-state index in [1.54, 1.807) is 13.2 Å². The SMILES string of the molecule is COc1nc(CN2CCN(C3CC4(CCN(c5ccc(C(=O)NS(=O)(=O)c6ccc(NCC7CCC(C)(O)CC7)c([N+](=O)[O-])c6)c(N6c7cc8cc[nH]c8nc7O[C@H]7COCC[C@@H]76)c5)CC4)C3)[C@@H](c3ccccc3OC(C)C)C2)cc2c1OCCC2(C)C. The number of pyridine rings is 2. The Kier molecular flexibility index (Phi) is 16.0. The number of hydrogen-bond donors (Lipinski definition) is 4. The molecule has 13 rings (SSSR count). The van der Waals surface area contributed by atoms with Gasteiger partial charge in [0.05, 0.1) is 70.9 Å². The quantitative estimate of drug-likeness (QED) is 0.0520. The van der Waals surface area contributed by atoms with Crippen molar-refractivity contribution in [2.75, 3.05) is 81.3 Å². The average molecular weight is 1220 g/mol. The highest BCUT2D eigenvalue weighted by Crippen LogP contribution is 2.54. The standard InChI is InChI=1S/C66H82N10O11S/c1-41(2)86-57-10-8-7-9-48(57)56-39-72(38-44-32-50-59(63(69-44)83-6)85-30-23-64(50,3)4)27-28-74(56)46-35-66(36-46)21-25-73(26-22-66)45-11-13-49(53(33-45)75-52-18-29-84-40-58(52)87-62-55(75)31-43-17-24-67-60(43)70-62)61(77)71-88(81,82)47-12-14-51(54(34-47)76(79)80)68-37-42-15-19-65(5,78)20-16-42/h7-14,17,24,31-34,41-42,46,52,56,58,68,78H,15-16,18-23,25-30,35-40H2,1-6H3,(H,67,70)(H,71,77)/t42?,52-,56+,58-,65?/m0/s1. The molecule has 8 heterocycles. The van der Waals surface area contributed by atoms with E-state index < -0.39 is 43.1 Å². The van der Waals surface area contributed by atoms with Gasteiger partial charge in [-0.05, 0) is 156 Å². The minimum Gasteiger partial charge on any atom is -0.491 e. The lowest BCUT2D eigenvalue weighted by Crippen LogP contribution is -2.59. The molecule has 468 valence electrons. The second-order valence-corrected chi connectivity index (χ2v) is 28.5. The number of nitro benzene ring substituents is 1. The third-order valence-corrected chi connectivity index (χ3v) is 21.3. The molecule has 5 fully saturated rings. The molecule has 6 aromatic rings. The topological polar surface area (TPSA) is 239 Å². The Morgan fingerprint density at radius 2 is 1.72 bits per heavy atom. The molecule has 1 amide bonds. The summed E-state index contributed by atoms with van der Waals surface area (Å²) < 4.78 is 62.0. The molecule has 0 bridgehead atoms. The first kappa shape index (κ1) is 59.7. The molecule has 2 saturated carbocycles. The zero-order chi connectivity index (χ0) is 61.3. The largest absolute Gasteiger partial charge is 0.491 e. The number of amides is 1. The smallest absolute Gasteiger partial charge is 0.293 e. The molecule has 3 saturated heterocycles. The number of carbonyl (C=O) groups is 1. The van der Waals surface area contributed by atoms with E-state index in [2.05, 4.69) is 92.6 Å². The summed E-state index contributed by atoms with van der Waals surface area (Å²) in [5.41, 5.74) is 5.16. The van der Waals surface area contributed by atoms with Crippen LogP contribution in [0.4, 0.5) is 28.4 Å². The molecule has 0 radical (unpaired) electrons. The number of para-hydroxylation sites is 1. The van der Waals surface area contributed by atoms with Crippen LogP contribution in [0.25, 0.3) is 11.0 Å². The van der Waals surface area contributed by atoms with Crippen molar-refractivity contribution >= 4 is 55.4 Å². The van der Waals surface area contributed by atoms with E-state index in [-0.39, 0.29) is 52.8 Å². The number of aliphatic hydroxyl groups is 1. The van der Waals surface area contributed by atoms with Gasteiger partial charge in [-0.2, -0.15) is 4.98 Å². The maximum absolute atomic E-state index is 14.9. The van der Waals surface area contributed by atoms with E-state index in [1.807, 2.05) is 37.4 Å². The van der Waals surface area contributed by atoms with Gasteiger partial charge >= 0.3 is 0 Å². The normalized spacial score (nSPS) is 24.5. The van der Waals surface area contributed by atoms with Crippen molar-refractivity contribution in [1.29, 1.82) is 0 Å². The fourth-order valence-corrected chi connectivity index (χ4v) is 15.9. The van der Waals surface area contributed by atoms with Gasteiger partial charge in [-0.1, -0.05) is 32.0 Å². The summed E-state index contributed by atoms with van der Waals surface area (Å²) in [4.78, 5) is 49.1. The molecule has 4 N–H and O–H groups in total. The Morgan fingerprint density at radius 3 is 2.49 bits per heavy atom. The van der Waals surface area contributed by atoms with Crippen molar-refractivity contribution in [3.63, 3.8) is 0 Å². The number of H-pyrrole nitrogens is 1. The summed E-state index contributed by atoms with van der Waals surface area (Å²) in [5.74, 6) is 1.87. The molecule has 0 unspecified atom stereocenters. The number of nitrogens with zero attached hydrogens (tertiary/aromatic N) is 7. The fraction of sp³-hybridized carbons (Fsp3) is 0.530. The van der Waals surface area contributed by atoms with Gasteiger partial charge in [0.25, 0.3) is 27.5 Å². The molecule has 7 aliphatic rings. The molecule has 22 heteroatoms. The molecule has 3 atom stereocenters. The maximum atomic E-state index is 14.9. The van der Waals surface area contributed by atoms with Crippen LogP contribution in [-0.2, 0) is 26.7 Å². The first-order chi connectivity index (χ1) is 42.2. The van der Waals surface area contributed by atoms with Gasteiger partial charge in [0.15, 0.2) is 5.75 Å². The van der Waals surface area contributed by atoms with E-state index in [0.717, 1.165) is 118 Å². The number of aromatic nitrogens is 3. The molecule has 88 heavy (non-hydrogen) atoms. The van der Waals surface area contributed by atoms with Crippen LogP contribution in [0.5, 0.6) is 23.3 Å². The zero-order valence-electron chi connectivity index (χ0n) is 51.3. The summed E-state index contributed by atoms with van der Waals surface area (Å²) >= 11 is 0. The Hall–Kier alpha value is -7.24. The number of hydrogen-bond acceptors (Lipinski definition) is 18. The predicted molar refractivity (Wildman–Crippen MR) is 335 cm³/mol. The third kappa shape index (κ3) is 11.8. The van der Waals surface area contributed by atoms with Crippen LogP contribution in [-0.4, -0.2) is 145 Å². The van der Waals surface area contributed by atoms with Crippen molar-refractivity contribution in [1.82, 2.24) is 29.5 Å². The lowest BCUT2D eigenvalue weighted by Gasteiger charge is -2.58. The molecule has 3 aromatic carbocycles. The monoisotopic (exact) mass is 1220 g/mol. The zero-order valence-corrected chi connectivity index (χ0v) is 52.1. The minimum absolute atomic E-state index is 0.0181. The van der Waals surface area contributed by atoms with Crippen LogP contribution < -0.4 is 38.8 Å². The number of benzene rings is 3. The average Bonchev–Trinajstić information content (AvgIpc) is 0.990. The Bertz CT molecular complexity index is 3720. The van der Waals surface area contributed by atoms with Crippen LogP contribution in [0, 0.1) is 21.4 Å². The number of anilines is 4. The van der Waals surface area contributed by atoms with Crippen molar-refractivity contribution in [2.45, 2.75) is 152 Å². The van der Waals surface area contributed by atoms with Crippen LogP contribution in [0.2, 0.25) is 0 Å². The van der Waals surface area contributed by atoms with Gasteiger partial charge in [-0.25, -0.2) is 18.1 Å². The molecule has 21 nitrogen and oxygen atoms in total. The molecular formula is C66H82N10O11S. The minimum atomic E-state index is -4.66. The number of nitrogens with one attached hydrogen (secondary N) is 3. The number of fused-ring (bicyclic) bond motifs is 4. The predicted octanol–water partition coefficient (Wildman–Crippen LogP) is 10.2. The second kappa shape index (κ2) is 23.6. The lowest BCUT2D eigenvalue weighted by atomic mass is 9.59. The number of ether oxygens (including phenoxy) is 5. The summed E-state index contributed by atoms with van der Waals surface area (Å²) in [6, 6.07) is 24.1. The maximum Gasteiger partial charge on any atom is 0.293 e. The van der Waals surface area contributed by atoms with E-state index in [4.69, 9.17) is 33.7 Å². The van der Waals surface area contributed by atoms with Crippen LogP contribution in [0.15, 0.2) is 90.0 Å². The Labute approximate surface area is 514 Å². The number of sulfonamides is 1. The van der Waals surface area contributed by atoms with Crippen molar-refractivity contribution < 1.29 is 46.9 Å². The number of rotatable bonds is 16. The van der Waals surface area contributed by atoms with Gasteiger partial charge in [0.2, 0.25) is 5.88 Å². The van der Waals surface area contributed by atoms with Crippen molar-refractivity contribution in [3.05, 3.63) is 118 Å². The van der Waals surface area contributed by atoms with Gasteiger partial charge in [-0.15, -0.1) is 0 Å². The van der Waals surface area contributed by atoms with Crippen molar-refractivity contribution in [2.24, 2.45) is 11.3 Å². The summed E-state index contributed by atoms with van der Waals surface area (Å²) in [6.45, 7) is 17.1. The van der Waals surface area contributed by atoms with Crippen LogP contribution in [0.1, 0.15) is 132 Å².